The Morgan fingerprint density at radius 1 is 1.24 bits per heavy atom. The number of nitrogens with zero attached hydrogens (tertiary/aromatic N) is 1. The van der Waals surface area contributed by atoms with E-state index in [1.54, 1.807) is 22.3 Å². The second-order valence-corrected chi connectivity index (χ2v) is 9.26. The van der Waals surface area contributed by atoms with Gasteiger partial charge in [-0.1, -0.05) is 12.1 Å². The van der Waals surface area contributed by atoms with E-state index >= 15 is 0 Å². The molecule has 0 aromatic carbocycles. The zero-order valence-corrected chi connectivity index (χ0v) is 13.7. The molecule has 0 unspecified atom stereocenters. The van der Waals surface area contributed by atoms with E-state index in [9.17, 15) is 13.2 Å². The van der Waals surface area contributed by atoms with E-state index in [-0.39, 0.29) is 23.5 Å². The summed E-state index contributed by atoms with van der Waals surface area (Å²) >= 11 is 2.98. The molecule has 112 valence electrons. The van der Waals surface area contributed by atoms with Gasteiger partial charge in [0.2, 0.25) is 0 Å². The van der Waals surface area contributed by atoms with Crippen LogP contribution in [0.5, 0.6) is 0 Å². The Morgan fingerprint density at radius 2 is 2.00 bits per heavy atom. The molecule has 0 spiro atoms. The predicted octanol–water partition coefficient (Wildman–Crippen LogP) is 2.64. The quantitative estimate of drug-likeness (QED) is 0.859. The van der Waals surface area contributed by atoms with Crippen LogP contribution in [-0.4, -0.2) is 36.8 Å². The lowest BCUT2D eigenvalue weighted by Crippen LogP contribution is -2.40. The standard InChI is InChI=1S/C14H15NO3S3/c16-14(13-4-2-7-20-13)15(9-12-3-1-6-19-12)11-5-8-21(17,18)10-11/h1-4,6-7,11H,5,8-10H2/t11-/m1/s1. The van der Waals surface area contributed by atoms with Crippen LogP contribution < -0.4 is 0 Å². The largest absolute Gasteiger partial charge is 0.329 e. The number of rotatable bonds is 4. The first-order valence-corrected chi connectivity index (χ1v) is 10.2. The minimum absolute atomic E-state index is 0.0690. The van der Waals surface area contributed by atoms with Gasteiger partial charge < -0.3 is 4.90 Å². The van der Waals surface area contributed by atoms with E-state index in [1.165, 1.54) is 11.3 Å². The minimum atomic E-state index is -3.01. The molecule has 1 aliphatic rings. The molecule has 1 fully saturated rings. The van der Waals surface area contributed by atoms with Crippen molar-refractivity contribution >= 4 is 38.4 Å². The molecule has 2 aromatic rings. The van der Waals surface area contributed by atoms with Crippen molar-refractivity contribution in [1.82, 2.24) is 4.90 Å². The molecular formula is C14H15NO3S3. The molecular weight excluding hydrogens is 326 g/mol. The van der Waals surface area contributed by atoms with Crippen molar-refractivity contribution in [1.29, 1.82) is 0 Å². The molecule has 2 aromatic heterocycles. The summed E-state index contributed by atoms with van der Waals surface area (Å²) in [7, 11) is -3.01. The van der Waals surface area contributed by atoms with Crippen LogP contribution >= 0.6 is 22.7 Å². The topological polar surface area (TPSA) is 54.5 Å². The Kier molecular flexibility index (Phi) is 4.14. The number of carbonyl (C=O) groups is 1. The summed E-state index contributed by atoms with van der Waals surface area (Å²) in [5.41, 5.74) is 0. The Hall–Kier alpha value is -1.18. The van der Waals surface area contributed by atoms with Crippen molar-refractivity contribution in [3.63, 3.8) is 0 Å². The van der Waals surface area contributed by atoms with E-state index in [2.05, 4.69) is 0 Å². The summed E-state index contributed by atoms with van der Waals surface area (Å²) in [5.74, 6) is 0.187. The molecule has 0 aliphatic carbocycles. The molecule has 1 aliphatic heterocycles. The van der Waals surface area contributed by atoms with Crippen LogP contribution in [0, 0.1) is 0 Å². The molecule has 1 atom stereocenters. The molecule has 0 radical (unpaired) electrons. The van der Waals surface area contributed by atoms with Crippen LogP contribution in [0.1, 0.15) is 21.0 Å². The molecule has 21 heavy (non-hydrogen) atoms. The molecule has 0 N–H and O–H groups in total. The fourth-order valence-electron chi connectivity index (χ4n) is 2.50. The average Bonchev–Trinajstić information content (AvgIpc) is 3.16. The van der Waals surface area contributed by atoms with Crippen molar-refractivity contribution < 1.29 is 13.2 Å². The Labute approximate surface area is 131 Å². The summed E-state index contributed by atoms with van der Waals surface area (Å²) in [6, 6.07) is 7.33. The van der Waals surface area contributed by atoms with Gasteiger partial charge in [0.15, 0.2) is 9.84 Å². The summed E-state index contributed by atoms with van der Waals surface area (Å²) < 4.78 is 23.4. The number of carbonyl (C=O) groups excluding carboxylic acids is 1. The monoisotopic (exact) mass is 341 g/mol. The highest BCUT2D eigenvalue weighted by molar-refractivity contribution is 7.91. The third-order valence-electron chi connectivity index (χ3n) is 3.55. The second-order valence-electron chi connectivity index (χ2n) is 5.05. The van der Waals surface area contributed by atoms with Gasteiger partial charge in [0.05, 0.1) is 22.9 Å². The molecule has 0 bridgehead atoms. The smallest absolute Gasteiger partial charge is 0.264 e. The SMILES string of the molecule is O=C(c1cccs1)N(Cc1cccs1)[C@@H]1CCS(=O)(=O)C1. The highest BCUT2D eigenvalue weighted by atomic mass is 32.2. The van der Waals surface area contributed by atoms with Gasteiger partial charge in [-0.2, -0.15) is 0 Å². The molecule has 1 saturated heterocycles. The van der Waals surface area contributed by atoms with Crippen LogP contribution in [0.2, 0.25) is 0 Å². The minimum Gasteiger partial charge on any atom is -0.329 e. The number of sulfone groups is 1. The lowest BCUT2D eigenvalue weighted by Gasteiger charge is -2.27. The van der Waals surface area contributed by atoms with Crippen LogP contribution in [0.3, 0.4) is 0 Å². The third-order valence-corrected chi connectivity index (χ3v) is 7.02. The molecule has 0 saturated carbocycles. The van der Waals surface area contributed by atoms with Crippen LogP contribution in [-0.2, 0) is 16.4 Å². The lowest BCUT2D eigenvalue weighted by atomic mass is 10.2. The summed E-state index contributed by atoms with van der Waals surface area (Å²) in [6.07, 6.45) is 0.533. The number of thiophene rings is 2. The number of amides is 1. The van der Waals surface area contributed by atoms with Crippen molar-refractivity contribution in [3.05, 3.63) is 44.8 Å². The highest BCUT2D eigenvalue weighted by Gasteiger charge is 2.35. The second kappa shape index (κ2) is 5.90. The predicted molar refractivity (Wildman–Crippen MR) is 85.6 cm³/mol. The number of hydrogen-bond donors (Lipinski definition) is 0. The molecule has 7 heteroatoms. The number of hydrogen-bond acceptors (Lipinski definition) is 5. The van der Waals surface area contributed by atoms with Crippen molar-refractivity contribution in [2.45, 2.75) is 19.0 Å². The first kappa shape index (κ1) is 14.7. The van der Waals surface area contributed by atoms with Gasteiger partial charge in [-0.15, -0.1) is 22.7 Å². The first-order chi connectivity index (χ1) is 10.1. The molecule has 4 nitrogen and oxygen atoms in total. The Bertz CT molecular complexity index is 705. The molecule has 3 rings (SSSR count). The van der Waals surface area contributed by atoms with Gasteiger partial charge in [0.25, 0.3) is 5.91 Å². The maximum absolute atomic E-state index is 12.7. The summed E-state index contributed by atoms with van der Waals surface area (Å²) in [4.78, 5) is 16.1. The van der Waals surface area contributed by atoms with E-state index < -0.39 is 9.84 Å². The van der Waals surface area contributed by atoms with Crippen LogP contribution in [0.15, 0.2) is 35.0 Å². The Morgan fingerprint density at radius 3 is 2.57 bits per heavy atom. The zero-order valence-electron chi connectivity index (χ0n) is 11.3. The lowest BCUT2D eigenvalue weighted by molar-refractivity contribution is 0.0688. The van der Waals surface area contributed by atoms with Gasteiger partial charge in [-0.3, -0.25) is 4.79 Å². The van der Waals surface area contributed by atoms with E-state index in [1.807, 2.05) is 29.0 Å². The maximum Gasteiger partial charge on any atom is 0.264 e. The fraction of sp³-hybridized carbons (Fsp3) is 0.357. The third kappa shape index (κ3) is 3.36. The van der Waals surface area contributed by atoms with Gasteiger partial charge in [-0.25, -0.2) is 8.42 Å². The van der Waals surface area contributed by atoms with Crippen molar-refractivity contribution in [3.8, 4) is 0 Å². The van der Waals surface area contributed by atoms with Gasteiger partial charge in [-0.05, 0) is 29.3 Å². The Balaban J connectivity index is 1.86. The average molecular weight is 341 g/mol. The normalized spacial score (nSPS) is 20.5. The van der Waals surface area contributed by atoms with Crippen LogP contribution in [0.25, 0.3) is 0 Å². The van der Waals surface area contributed by atoms with Crippen molar-refractivity contribution in [2.24, 2.45) is 0 Å². The zero-order chi connectivity index (χ0) is 14.9. The van der Waals surface area contributed by atoms with Crippen molar-refractivity contribution in [2.75, 3.05) is 11.5 Å². The van der Waals surface area contributed by atoms with Gasteiger partial charge in [0.1, 0.15) is 0 Å². The fourth-order valence-corrected chi connectivity index (χ4v) is 5.61. The van der Waals surface area contributed by atoms with E-state index in [4.69, 9.17) is 0 Å². The van der Waals surface area contributed by atoms with Crippen LogP contribution in [0.4, 0.5) is 0 Å². The molecule has 3 heterocycles. The summed E-state index contributed by atoms with van der Waals surface area (Å²) in [6.45, 7) is 0.481. The first-order valence-electron chi connectivity index (χ1n) is 6.62. The van der Waals surface area contributed by atoms with E-state index in [0.29, 0.717) is 17.8 Å². The van der Waals surface area contributed by atoms with Gasteiger partial charge >= 0.3 is 0 Å². The summed E-state index contributed by atoms with van der Waals surface area (Å²) in [5, 5.41) is 3.83. The van der Waals surface area contributed by atoms with E-state index in [0.717, 1.165) is 4.88 Å². The molecule has 1 amide bonds. The van der Waals surface area contributed by atoms with Gasteiger partial charge in [0, 0.05) is 10.9 Å². The maximum atomic E-state index is 12.7. The highest BCUT2D eigenvalue weighted by Crippen LogP contribution is 2.24.